The number of rotatable bonds is 0. The number of halogens is 1. The molecule has 0 N–H and O–H groups in total. The molecule has 0 saturated heterocycles. The molecule has 62 valence electrons. The summed E-state index contributed by atoms with van der Waals surface area (Å²) in [6.45, 7) is 0. The zero-order valence-electron chi connectivity index (χ0n) is 6.54. The molecule has 0 aliphatic heterocycles. The molecule has 1 aliphatic rings. The number of nitriles is 1. The zero-order chi connectivity index (χ0) is 9.42. The monoisotopic (exact) mass is 233 g/mol. The van der Waals surface area contributed by atoms with Gasteiger partial charge in [0.1, 0.15) is 11.6 Å². The predicted octanol–water partition coefficient (Wildman–Crippen LogP) is 2.55. The van der Waals surface area contributed by atoms with Crippen LogP contribution in [-0.2, 0) is 0 Å². The van der Waals surface area contributed by atoms with E-state index in [1.54, 1.807) is 12.1 Å². The molecule has 2 nitrogen and oxygen atoms in total. The molecule has 0 atom stereocenters. The van der Waals surface area contributed by atoms with Gasteiger partial charge >= 0.3 is 0 Å². The third-order valence-corrected chi connectivity index (χ3v) is 2.42. The van der Waals surface area contributed by atoms with Crippen LogP contribution in [0.5, 0.6) is 0 Å². The Hall–Kier alpha value is -1.40. The number of carbonyl (C=O) groups excluding carboxylic acids is 1. The Bertz CT molecular complexity index is 468. The fourth-order valence-corrected chi connectivity index (χ4v) is 1.66. The molecule has 0 aromatic heterocycles. The van der Waals surface area contributed by atoms with E-state index in [1.165, 1.54) is 0 Å². The van der Waals surface area contributed by atoms with Crippen molar-refractivity contribution in [1.29, 1.82) is 5.26 Å². The maximum absolute atomic E-state index is 11.5. The molecule has 0 heterocycles. The van der Waals surface area contributed by atoms with Crippen LogP contribution >= 0.6 is 15.9 Å². The van der Waals surface area contributed by atoms with Crippen molar-refractivity contribution in [3.63, 3.8) is 0 Å². The Labute approximate surface area is 83.6 Å². The van der Waals surface area contributed by atoms with Gasteiger partial charge in [-0.05, 0) is 23.8 Å². The Balaban J connectivity index is 2.63. The lowest BCUT2D eigenvalue weighted by Gasteiger charge is -1.96. The first kappa shape index (κ1) is 8.21. The van der Waals surface area contributed by atoms with Gasteiger partial charge in [0.2, 0.25) is 5.78 Å². The normalized spacial score (nSPS) is 13.5. The number of Topliss-reactive ketones (excluding diaryl/α,β-unsaturated/α-hetero) is 1. The highest BCUT2D eigenvalue weighted by atomic mass is 79.9. The summed E-state index contributed by atoms with van der Waals surface area (Å²) < 4.78 is 0.854. The van der Waals surface area contributed by atoms with E-state index >= 15 is 0 Å². The van der Waals surface area contributed by atoms with Crippen molar-refractivity contribution in [2.45, 2.75) is 0 Å². The number of allylic oxidation sites excluding steroid dienone is 1. The number of nitrogens with zero attached hydrogens (tertiary/aromatic N) is 1. The molecule has 0 saturated carbocycles. The van der Waals surface area contributed by atoms with Gasteiger partial charge in [0, 0.05) is 10.0 Å². The van der Waals surface area contributed by atoms with Crippen molar-refractivity contribution < 1.29 is 4.79 Å². The molecule has 1 aromatic rings. The Morgan fingerprint density at radius 2 is 2.15 bits per heavy atom. The average Bonchev–Trinajstić information content (AvgIpc) is 2.44. The van der Waals surface area contributed by atoms with Crippen LogP contribution in [0.4, 0.5) is 0 Å². The second kappa shape index (κ2) is 2.82. The maximum Gasteiger partial charge on any atom is 0.204 e. The van der Waals surface area contributed by atoms with Gasteiger partial charge in [-0.2, -0.15) is 5.26 Å². The van der Waals surface area contributed by atoms with Gasteiger partial charge in [0.25, 0.3) is 0 Å². The van der Waals surface area contributed by atoms with Gasteiger partial charge < -0.3 is 0 Å². The lowest BCUT2D eigenvalue weighted by molar-refractivity contribution is 0.104. The summed E-state index contributed by atoms with van der Waals surface area (Å²) in [5, 5.41) is 8.63. The third kappa shape index (κ3) is 1.20. The van der Waals surface area contributed by atoms with Gasteiger partial charge in [-0.25, -0.2) is 0 Å². The fourth-order valence-electron chi connectivity index (χ4n) is 1.30. The van der Waals surface area contributed by atoms with E-state index in [0.29, 0.717) is 5.56 Å². The lowest BCUT2D eigenvalue weighted by atomic mass is 10.1. The quantitative estimate of drug-likeness (QED) is 0.692. The van der Waals surface area contributed by atoms with Crippen LogP contribution in [0.3, 0.4) is 0 Å². The second-order valence-electron chi connectivity index (χ2n) is 2.73. The topological polar surface area (TPSA) is 40.9 Å². The minimum absolute atomic E-state index is 0.182. The van der Waals surface area contributed by atoms with Crippen LogP contribution in [-0.4, -0.2) is 5.78 Å². The predicted molar refractivity (Wildman–Crippen MR) is 52.1 cm³/mol. The van der Waals surface area contributed by atoms with Crippen molar-refractivity contribution in [3.8, 4) is 6.07 Å². The Morgan fingerprint density at radius 3 is 2.85 bits per heavy atom. The number of hydrogen-bond acceptors (Lipinski definition) is 2. The largest absolute Gasteiger partial charge is 0.288 e. The summed E-state index contributed by atoms with van der Waals surface area (Å²) in [6, 6.07) is 7.28. The van der Waals surface area contributed by atoms with E-state index in [1.807, 2.05) is 18.2 Å². The van der Waals surface area contributed by atoms with Crippen LogP contribution in [0.15, 0.2) is 28.2 Å². The summed E-state index contributed by atoms with van der Waals surface area (Å²) in [6.07, 6.45) is 1.62. The highest BCUT2D eigenvalue weighted by molar-refractivity contribution is 9.10. The number of hydrogen-bond donors (Lipinski definition) is 0. The number of benzene rings is 1. The molecule has 1 aromatic carbocycles. The smallest absolute Gasteiger partial charge is 0.204 e. The van der Waals surface area contributed by atoms with Crippen LogP contribution in [0, 0.1) is 11.3 Å². The maximum atomic E-state index is 11.5. The summed E-state index contributed by atoms with van der Waals surface area (Å²) in [4.78, 5) is 11.5. The highest BCUT2D eigenvalue weighted by Gasteiger charge is 2.21. The van der Waals surface area contributed by atoms with E-state index in [-0.39, 0.29) is 11.4 Å². The van der Waals surface area contributed by atoms with Gasteiger partial charge in [-0.15, -0.1) is 0 Å². The molecule has 0 bridgehead atoms. The van der Waals surface area contributed by atoms with E-state index in [2.05, 4.69) is 15.9 Å². The van der Waals surface area contributed by atoms with E-state index in [0.717, 1.165) is 10.0 Å². The van der Waals surface area contributed by atoms with Crippen molar-refractivity contribution in [1.82, 2.24) is 0 Å². The average molecular weight is 234 g/mol. The Kier molecular flexibility index (Phi) is 1.78. The number of fused-ring (bicyclic) bond motifs is 1. The van der Waals surface area contributed by atoms with E-state index in [9.17, 15) is 4.79 Å². The van der Waals surface area contributed by atoms with Crippen LogP contribution < -0.4 is 0 Å². The molecule has 0 fully saturated rings. The fraction of sp³-hybridized carbons (Fsp3) is 0. The molecule has 13 heavy (non-hydrogen) atoms. The summed E-state index contributed by atoms with van der Waals surface area (Å²) in [5.41, 5.74) is 1.64. The molecule has 0 spiro atoms. The van der Waals surface area contributed by atoms with Crippen molar-refractivity contribution in [3.05, 3.63) is 39.4 Å². The summed E-state index contributed by atoms with van der Waals surface area (Å²) >= 11 is 3.28. The molecule has 0 unspecified atom stereocenters. The van der Waals surface area contributed by atoms with Crippen LogP contribution in [0.2, 0.25) is 0 Å². The molecular formula is C10H4BrNO. The molecule has 2 rings (SSSR count). The first-order chi connectivity index (χ1) is 6.22. The first-order valence-electron chi connectivity index (χ1n) is 3.68. The van der Waals surface area contributed by atoms with Crippen molar-refractivity contribution >= 4 is 27.8 Å². The van der Waals surface area contributed by atoms with Gasteiger partial charge in [0.05, 0.1) is 0 Å². The van der Waals surface area contributed by atoms with Crippen LogP contribution in [0.1, 0.15) is 15.9 Å². The SMILES string of the molecule is N#CC1=Cc2ccc(Br)cc2C1=O. The highest BCUT2D eigenvalue weighted by Crippen LogP contribution is 2.27. The molecule has 0 amide bonds. The van der Waals surface area contributed by atoms with Crippen LogP contribution in [0.25, 0.3) is 6.08 Å². The van der Waals surface area contributed by atoms with E-state index < -0.39 is 0 Å². The molecule has 0 radical (unpaired) electrons. The van der Waals surface area contributed by atoms with Crippen molar-refractivity contribution in [2.24, 2.45) is 0 Å². The minimum Gasteiger partial charge on any atom is -0.288 e. The summed E-state index contributed by atoms with van der Waals surface area (Å²) in [5.74, 6) is -0.182. The lowest BCUT2D eigenvalue weighted by Crippen LogP contribution is -1.96. The summed E-state index contributed by atoms with van der Waals surface area (Å²) in [7, 11) is 0. The third-order valence-electron chi connectivity index (χ3n) is 1.92. The minimum atomic E-state index is -0.182. The van der Waals surface area contributed by atoms with Gasteiger partial charge in [-0.1, -0.05) is 22.0 Å². The zero-order valence-corrected chi connectivity index (χ0v) is 8.13. The Morgan fingerprint density at radius 1 is 1.38 bits per heavy atom. The second-order valence-corrected chi connectivity index (χ2v) is 3.65. The standard InChI is InChI=1S/C10H4BrNO/c11-8-2-1-6-3-7(5-12)10(13)9(6)4-8/h1-4H. The van der Waals surface area contributed by atoms with E-state index in [4.69, 9.17) is 5.26 Å². The molecule has 3 heteroatoms. The number of carbonyl (C=O) groups is 1. The molecular weight excluding hydrogens is 230 g/mol. The van der Waals surface area contributed by atoms with Gasteiger partial charge in [0.15, 0.2) is 0 Å². The number of ketones is 1. The molecule has 1 aliphatic carbocycles. The van der Waals surface area contributed by atoms with Gasteiger partial charge in [-0.3, -0.25) is 4.79 Å². The first-order valence-corrected chi connectivity index (χ1v) is 4.48. The van der Waals surface area contributed by atoms with Crippen molar-refractivity contribution in [2.75, 3.05) is 0 Å².